The van der Waals surface area contributed by atoms with Gasteiger partial charge in [0.05, 0.1) is 30.0 Å². The van der Waals surface area contributed by atoms with Crippen LogP contribution in [0.15, 0.2) is 73.3 Å². The predicted octanol–water partition coefficient (Wildman–Crippen LogP) is 3.83. The van der Waals surface area contributed by atoms with E-state index >= 15 is 0 Å². The van der Waals surface area contributed by atoms with Gasteiger partial charge in [-0.3, -0.25) is 4.57 Å². The van der Waals surface area contributed by atoms with E-state index in [0.717, 1.165) is 0 Å². The average molecular weight is 511 g/mol. The van der Waals surface area contributed by atoms with Crippen LogP contribution in [0.1, 0.15) is 20.7 Å². The summed E-state index contributed by atoms with van der Waals surface area (Å²) in [5.41, 5.74) is -0.608. The molecule has 0 spiro atoms. The number of carbonyl (C=O) groups is 2. The van der Waals surface area contributed by atoms with Crippen molar-refractivity contribution in [3.05, 3.63) is 89.6 Å². The number of fused-ring (bicyclic) bond motifs is 1. The number of esters is 2. The SMILES string of the molecule is O=C(OC[C@@H]1[C@@H](OC(=O)c2ccccc2)CO[C@@]1(CF)n1cnc2c(Cl)ncnc21)c1ccccc1. The Kier molecular flexibility index (Phi) is 6.62. The minimum atomic E-state index is -1.73. The maximum absolute atomic E-state index is 14.9. The number of nitrogens with zero attached hydrogens (tertiary/aromatic N) is 4. The van der Waals surface area contributed by atoms with Crippen molar-refractivity contribution in [1.82, 2.24) is 19.5 Å². The zero-order valence-corrected chi connectivity index (χ0v) is 19.5. The Hall–Kier alpha value is -3.89. The van der Waals surface area contributed by atoms with Crippen LogP contribution in [0.2, 0.25) is 5.15 Å². The molecule has 4 aromatic rings. The summed E-state index contributed by atoms with van der Waals surface area (Å²) in [6, 6.07) is 16.8. The molecule has 0 aliphatic carbocycles. The molecule has 1 aliphatic heterocycles. The van der Waals surface area contributed by atoms with Gasteiger partial charge in [0, 0.05) is 0 Å². The highest BCUT2D eigenvalue weighted by molar-refractivity contribution is 6.33. The second-order valence-corrected chi connectivity index (χ2v) is 8.48. The molecule has 0 radical (unpaired) electrons. The highest BCUT2D eigenvalue weighted by Crippen LogP contribution is 2.41. The third-order valence-corrected chi connectivity index (χ3v) is 6.36. The van der Waals surface area contributed by atoms with Gasteiger partial charge < -0.3 is 14.2 Å². The maximum Gasteiger partial charge on any atom is 0.338 e. The number of imidazole rings is 1. The standard InChI is InChI=1S/C25H20ClFN4O5/c26-21-20-22(29-14-28-21)31(15-30-20)25(13-27)18(11-34-23(32)16-7-3-1-4-8-16)19(12-35-25)36-24(33)17-9-5-2-6-10-17/h1-10,14-15,18-19H,11-13H2/t18-,19+,25-/m1/s1. The Morgan fingerprint density at radius 1 is 1.03 bits per heavy atom. The number of alkyl halides is 1. The molecule has 5 rings (SSSR count). The van der Waals surface area contributed by atoms with Crippen molar-refractivity contribution in [3.63, 3.8) is 0 Å². The Morgan fingerprint density at radius 3 is 2.36 bits per heavy atom. The van der Waals surface area contributed by atoms with Crippen molar-refractivity contribution in [2.75, 3.05) is 19.9 Å². The molecule has 3 atom stereocenters. The Balaban J connectivity index is 1.49. The molecular formula is C25H20ClFN4O5. The molecule has 1 saturated heterocycles. The molecule has 36 heavy (non-hydrogen) atoms. The van der Waals surface area contributed by atoms with Crippen LogP contribution in [0.25, 0.3) is 11.2 Å². The molecule has 0 amide bonds. The first-order valence-electron chi connectivity index (χ1n) is 11.1. The van der Waals surface area contributed by atoms with E-state index < -0.39 is 36.4 Å². The minimum absolute atomic E-state index is 0.0878. The van der Waals surface area contributed by atoms with Crippen LogP contribution in [0.4, 0.5) is 4.39 Å². The van der Waals surface area contributed by atoms with E-state index in [1.54, 1.807) is 60.7 Å². The third-order valence-electron chi connectivity index (χ3n) is 6.09. The predicted molar refractivity (Wildman–Crippen MR) is 126 cm³/mol. The molecular weight excluding hydrogens is 491 g/mol. The molecule has 0 unspecified atom stereocenters. The molecule has 0 bridgehead atoms. The fraction of sp³-hybridized carbons (Fsp3) is 0.240. The van der Waals surface area contributed by atoms with E-state index in [1.165, 1.54) is 17.2 Å². The first-order valence-corrected chi connectivity index (χ1v) is 11.4. The van der Waals surface area contributed by atoms with E-state index in [4.69, 9.17) is 25.8 Å². The smallest absolute Gasteiger partial charge is 0.338 e. The van der Waals surface area contributed by atoms with Crippen molar-refractivity contribution in [3.8, 4) is 0 Å². The van der Waals surface area contributed by atoms with Gasteiger partial charge in [-0.05, 0) is 24.3 Å². The minimum Gasteiger partial charge on any atom is -0.461 e. The van der Waals surface area contributed by atoms with Gasteiger partial charge in [0.1, 0.15) is 31.2 Å². The van der Waals surface area contributed by atoms with Crippen LogP contribution < -0.4 is 0 Å². The Bertz CT molecular complexity index is 1390. The summed E-state index contributed by atoms with van der Waals surface area (Å²) in [6.07, 6.45) is 1.62. The molecule has 1 fully saturated rings. The summed E-state index contributed by atoms with van der Waals surface area (Å²) in [5, 5.41) is 0.0878. The van der Waals surface area contributed by atoms with E-state index in [1.807, 2.05) is 0 Å². The highest BCUT2D eigenvalue weighted by Gasteiger charge is 2.55. The fourth-order valence-corrected chi connectivity index (χ4v) is 4.41. The summed E-state index contributed by atoms with van der Waals surface area (Å²) in [5.74, 6) is -2.16. The second-order valence-electron chi connectivity index (χ2n) is 8.12. The van der Waals surface area contributed by atoms with Gasteiger partial charge in [0.25, 0.3) is 0 Å². The number of hydrogen-bond acceptors (Lipinski definition) is 8. The molecule has 0 N–H and O–H groups in total. The molecule has 11 heteroatoms. The van der Waals surface area contributed by atoms with Crippen molar-refractivity contribution >= 4 is 34.7 Å². The Labute approximate surface area is 209 Å². The summed E-state index contributed by atoms with van der Waals surface area (Å²) in [4.78, 5) is 37.8. The third kappa shape index (κ3) is 4.29. The van der Waals surface area contributed by atoms with E-state index in [9.17, 15) is 14.0 Å². The molecule has 9 nitrogen and oxygen atoms in total. The Morgan fingerprint density at radius 2 is 1.69 bits per heavy atom. The van der Waals surface area contributed by atoms with E-state index in [0.29, 0.717) is 11.1 Å². The first-order chi connectivity index (χ1) is 17.5. The van der Waals surface area contributed by atoms with Gasteiger partial charge in [-0.25, -0.2) is 28.9 Å². The van der Waals surface area contributed by atoms with Gasteiger partial charge in [-0.1, -0.05) is 48.0 Å². The lowest BCUT2D eigenvalue weighted by molar-refractivity contribution is -0.115. The van der Waals surface area contributed by atoms with Crippen molar-refractivity contribution in [2.24, 2.45) is 5.92 Å². The summed E-state index contributed by atoms with van der Waals surface area (Å²) in [6.45, 7) is -1.50. The van der Waals surface area contributed by atoms with Gasteiger partial charge in [0.15, 0.2) is 16.5 Å². The van der Waals surface area contributed by atoms with Crippen LogP contribution in [0, 0.1) is 5.92 Å². The molecule has 2 aromatic heterocycles. The first kappa shape index (κ1) is 23.8. The molecule has 184 valence electrons. The zero-order chi connectivity index (χ0) is 25.1. The number of hydrogen-bond donors (Lipinski definition) is 0. The molecule has 2 aromatic carbocycles. The largest absolute Gasteiger partial charge is 0.461 e. The normalized spacial score (nSPS) is 21.4. The number of rotatable bonds is 7. The number of carbonyl (C=O) groups excluding carboxylic acids is 2. The van der Waals surface area contributed by atoms with E-state index in [-0.39, 0.29) is 29.5 Å². The van der Waals surface area contributed by atoms with Gasteiger partial charge in [0.2, 0.25) is 0 Å². The van der Waals surface area contributed by atoms with Crippen molar-refractivity contribution in [2.45, 2.75) is 11.8 Å². The molecule has 3 heterocycles. The van der Waals surface area contributed by atoms with E-state index in [2.05, 4.69) is 15.0 Å². The number of halogens is 2. The zero-order valence-electron chi connectivity index (χ0n) is 18.8. The van der Waals surface area contributed by atoms with Crippen LogP contribution >= 0.6 is 11.6 Å². The quantitative estimate of drug-likeness (QED) is 0.273. The second kappa shape index (κ2) is 10.00. The average Bonchev–Trinajstić information content (AvgIpc) is 3.51. The van der Waals surface area contributed by atoms with Crippen LogP contribution in [0.3, 0.4) is 0 Å². The van der Waals surface area contributed by atoms with Gasteiger partial charge in [-0.2, -0.15) is 0 Å². The summed E-state index contributed by atoms with van der Waals surface area (Å²) in [7, 11) is 0. The molecule has 0 saturated carbocycles. The topological polar surface area (TPSA) is 105 Å². The van der Waals surface area contributed by atoms with Gasteiger partial charge >= 0.3 is 11.9 Å². The molecule has 1 aliphatic rings. The lowest BCUT2D eigenvalue weighted by Crippen LogP contribution is -2.46. The number of benzene rings is 2. The monoisotopic (exact) mass is 510 g/mol. The van der Waals surface area contributed by atoms with Crippen molar-refractivity contribution < 1.29 is 28.2 Å². The number of aromatic nitrogens is 4. The fourth-order valence-electron chi connectivity index (χ4n) is 4.23. The van der Waals surface area contributed by atoms with Crippen molar-refractivity contribution in [1.29, 1.82) is 0 Å². The van der Waals surface area contributed by atoms with Crippen LogP contribution in [0.5, 0.6) is 0 Å². The van der Waals surface area contributed by atoms with Crippen LogP contribution in [-0.4, -0.2) is 57.4 Å². The summed E-state index contributed by atoms with van der Waals surface area (Å²) >= 11 is 6.14. The lowest BCUT2D eigenvalue weighted by Gasteiger charge is -2.33. The van der Waals surface area contributed by atoms with Crippen LogP contribution in [-0.2, 0) is 19.9 Å². The lowest BCUT2D eigenvalue weighted by atomic mass is 9.94. The highest BCUT2D eigenvalue weighted by atomic mass is 35.5. The maximum atomic E-state index is 14.9. The van der Waals surface area contributed by atoms with Gasteiger partial charge in [-0.15, -0.1) is 0 Å². The number of ether oxygens (including phenoxy) is 3. The summed E-state index contributed by atoms with van der Waals surface area (Å²) < 4.78 is 33.6.